The molecule has 0 bridgehead atoms. The first-order valence-corrected chi connectivity index (χ1v) is 8.91. The van der Waals surface area contributed by atoms with Crippen LogP contribution < -0.4 is 5.32 Å². The molecule has 0 saturated carbocycles. The highest BCUT2D eigenvalue weighted by atomic mass is 32.2. The van der Waals surface area contributed by atoms with Gasteiger partial charge in [-0.05, 0) is 31.0 Å². The van der Waals surface area contributed by atoms with Crippen molar-refractivity contribution in [3.8, 4) is 0 Å². The monoisotopic (exact) mass is 311 g/mol. The Bertz CT molecular complexity index is 496. The quantitative estimate of drug-likeness (QED) is 0.775. The number of aliphatic hydroxyl groups is 1. The first-order chi connectivity index (χ1) is 9.90. The standard InChI is InChI=1S/C16H25NO3S/c1-4-9-16(19,10-5-2)12-15(18)17-13-7-6-8-14(11-13)21(3)20/h6-8,11,19H,4-5,9-10,12H2,1-3H3,(H,17,18). The lowest BCUT2D eigenvalue weighted by molar-refractivity contribution is -0.121. The van der Waals surface area contributed by atoms with E-state index in [1.165, 1.54) is 0 Å². The Morgan fingerprint density at radius 1 is 1.29 bits per heavy atom. The van der Waals surface area contributed by atoms with Crippen LogP contribution in [0, 0.1) is 0 Å². The van der Waals surface area contributed by atoms with Crippen LogP contribution in [0.15, 0.2) is 29.2 Å². The molecule has 0 fully saturated rings. The molecule has 118 valence electrons. The van der Waals surface area contributed by atoms with Crippen LogP contribution in [-0.2, 0) is 15.6 Å². The minimum Gasteiger partial charge on any atom is -0.389 e. The molecule has 0 aliphatic rings. The lowest BCUT2D eigenvalue weighted by Crippen LogP contribution is -2.33. The minimum atomic E-state index is -1.08. The molecule has 1 aromatic carbocycles. The largest absolute Gasteiger partial charge is 0.389 e. The van der Waals surface area contributed by atoms with Crippen molar-refractivity contribution in [1.82, 2.24) is 0 Å². The molecule has 0 aromatic heterocycles. The van der Waals surface area contributed by atoms with E-state index in [9.17, 15) is 14.1 Å². The van der Waals surface area contributed by atoms with E-state index in [1.807, 2.05) is 13.8 Å². The number of rotatable bonds is 8. The SMILES string of the molecule is CCCC(O)(CCC)CC(=O)Nc1cccc(S(C)=O)c1. The molecular weight excluding hydrogens is 286 g/mol. The van der Waals surface area contributed by atoms with Gasteiger partial charge in [-0.3, -0.25) is 9.00 Å². The van der Waals surface area contributed by atoms with Gasteiger partial charge < -0.3 is 10.4 Å². The lowest BCUT2D eigenvalue weighted by Gasteiger charge is -2.26. The van der Waals surface area contributed by atoms with Crippen LogP contribution in [-0.4, -0.2) is 27.1 Å². The van der Waals surface area contributed by atoms with Crippen molar-refractivity contribution in [2.24, 2.45) is 0 Å². The Hall–Kier alpha value is -1.20. The zero-order valence-corrected chi connectivity index (χ0v) is 13.8. The molecule has 5 heteroatoms. The van der Waals surface area contributed by atoms with Gasteiger partial charge in [-0.2, -0.15) is 0 Å². The van der Waals surface area contributed by atoms with Crippen LogP contribution in [0.2, 0.25) is 0 Å². The van der Waals surface area contributed by atoms with E-state index in [-0.39, 0.29) is 12.3 Å². The Balaban J connectivity index is 2.72. The summed E-state index contributed by atoms with van der Waals surface area (Å²) in [7, 11) is -1.08. The van der Waals surface area contributed by atoms with Gasteiger partial charge in [-0.25, -0.2) is 0 Å². The van der Waals surface area contributed by atoms with Crippen molar-refractivity contribution >= 4 is 22.4 Å². The number of hydrogen-bond donors (Lipinski definition) is 2. The van der Waals surface area contributed by atoms with E-state index in [1.54, 1.807) is 30.5 Å². The van der Waals surface area contributed by atoms with E-state index in [0.717, 1.165) is 12.8 Å². The van der Waals surface area contributed by atoms with Crippen molar-refractivity contribution in [3.05, 3.63) is 24.3 Å². The maximum Gasteiger partial charge on any atom is 0.227 e. The first kappa shape index (κ1) is 17.9. The maximum absolute atomic E-state index is 12.1. The van der Waals surface area contributed by atoms with E-state index in [2.05, 4.69) is 5.32 Å². The average Bonchev–Trinajstić information content (AvgIpc) is 2.38. The van der Waals surface area contributed by atoms with Crippen molar-refractivity contribution < 1.29 is 14.1 Å². The summed E-state index contributed by atoms with van der Waals surface area (Å²) < 4.78 is 11.4. The molecule has 21 heavy (non-hydrogen) atoms. The minimum absolute atomic E-state index is 0.0914. The van der Waals surface area contributed by atoms with E-state index in [4.69, 9.17) is 0 Å². The van der Waals surface area contributed by atoms with Gasteiger partial charge in [0.2, 0.25) is 5.91 Å². The molecule has 2 N–H and O–H groups in total. The van der Waals surface area contributed by atoms with E-state index in [0.29, 0.717) is 23.4 Å². The van der Waals surface area contributed by atoms with Crippen molar-refractivity contribution in [2.75, 3.05) is 11.6 Å². The molecule has 1 rings (SSSR count). The highest BCUT2D eigenvalue weighted by Crippen LogP contribution is 2.24. The molecule has 0 aliphatic heterocycles. The summed E-state index contributed by atoms with van der Waals surface area (Å²) in [5.74, 6) is -0.210. The molecule has 0 spiro atoms. The molecule has 1 unspecified atom stereocenters. The summed E-state index contributed by atoms with van der Waals surface area (Å²) in [6.45, 7) is 4.00. The molecule has 0 radical (unpaired) electrons. The fraction of sp³-hybridized carbons (Fsp3) is 0.562. The van der Waals surface area contributed by atoms with Crippen LogP contribution in [0.25, 0.3) is 0 Å². The number of carbonyl (C=O) groups excluding carboxylic acids is 1. The van der Waals surface area contributed by atoms with Crippen molar-refractivity contribution in [3.63, 3.8) is 0 Å². The lowest BCUT2D eigenvalue weighted by atomic mass is 9.89. The summed E-state index contributed by atoms with van der Waals surface area (Å²) in [6, 6.07) is 6.98. The number of benzene rings is 1. The molecule has 1 amide bonds. The summed E-state index contributed by atoms with van der Waals surface area (Å²) in [6.07, 6.45) is 4.61. The summed E-state index contributed by atoms with van der Waals surface area (Å²) >= 11 is 0. The van der Waals surface area contributed by atoms with Gasteiger partial charge in [0, 0.05) is 27.6 Å². The van der Waals surface area contributed by atoms with Gasteiger partial charge in [0.25, 0.3) is 0 Å². The Labute approximate surface area is 129 Å². The number of anilines is 1. The van der Waals surface area contributed by atoms with E-state index < -0.39 is 16.4 Å². The van der Waals surface area contributed by atoms with Crippen molar-refractivity contribution in [1.29, 1.82) is 0 Å². The van der Waals surface area contributed by atoms with Gasteiger partial charge in [-0.15, -0.1) is 0 Å². The van der Waals surface area contributed by atoms with Crippen LogP contribution in [0.5, 0.6) is 0 Å². The van der Waals surface area contributed by atoms with Crippen molar-refractivity contribution in [2.45, 2.75) is 56.4 Å². The average molecular weight is 311 g/mol. The Morgan fingerprint density at radius 3 is 2.43 bits per heavy atom. The predicted molar refractivity (Wildman–Crippen MR) is 86.8 cm³/mol. The smallest absolute Gasteiger partial charge is 0.227 e. The molecule has 4 nitrogen and oxygen atoms in total. The second-order valence-electron chi connectivity index (χ2n) is 5.43. The number of amides is 1. The zero-order valence-electron chi connectivity index (χ0n) is 13.0. The van der Waals surface area contributed by atoms with E-state index >= 15 is 0 Å². The van der Waals surface area contributed by atoms with Gasteiger partial charge in [0.1, 0.15) is 0 Å². The fourth-order valence-corrected chi connectivity index (χ4v) is 3.05. The van der Waals surface area contributed by atoms with Gasteiger partial charge in [0.05, 0.1) is 12.0 Å². The highest BCUT2D eigenvalue weighted by molar-refractivity contribution is 7.84. The second-order valence-corrected chi connectivity index (χ2v) is 6.81. The molecule has 0 heterocycles. The highest BCUT2D eigenvalue weighted by Gasteiger charge is 2.28. The van der Waals surface area contributed by atoms with Gasteiger partial charge in [-0.1, -0.05) is 32.8 Å². The second kappa shape index (κ2) is 8.29. The maximum atomic E-state index is 12.1. The third kappa shape index (κ3) is 5.98. The van der Waals surface area contributed by atoms with Gasteiger partial charge in [0.15, 0.2) is 0 Å². The third-order valence-corrected chi connectivity index (χ3v) is 4.29. The zero-order chi connectivity index (χ0) is 15.9. The molecular formula is C16H25NO3S. The van der Waals surface area contributed by atoms with Crippen LogP contribution >= 0.6 is 0 Å². The summed E-state index contributed by atoms with van der Waals surface area (Å²) in [5, 5.41) is 13.3. The van der Waals surface area contributed by atoms with Gasteiger partial charge >= 0.3 is 0 Å². The van der Waals surface area contributed by atoms with Crippen LogP contribution in [0.1, 0.15) is 46.0 Å². The summed E-state index contributed by atoms with van der Waals surface area (Å²) in [4.78, 5) is 12.8. The molecule has 1 aromatic rings. The normalized spacial score (nSPS) is 13.0. The van der Waals surface area contributed by atoms with Crippen LogP contribution in [0.4, 0.5) is 5.69 Å². The molecule has 0 aliphatic carbocycles. The third-order valence-electron chi connectivity index (χ3n) is 3.37. The predicted octanol–water partition coefficient (Wildman–Crippen LogP) is 3.08. The number of carbonyl (C=O) groups is 1. The Kier molecular flexibility index (Phi) is 7.05. The molecule has 1 atom stereocenters. The Morgan fingerprint density at radius 2 is 1.90 bits per heavy atom. The number of nitrogens with one attached hydrogen (secondary N) is 1. The fourth-order valence-electron chi connectivity index (χ4n) is 2.49. The first-order valence-electron chi connectivity index (χ1n) is 7.36. The summed E-state index contributed by atoms with van der Waals surface area (Å²) in [5.41, 5.74) is -0.318. The topological polar surface area (TPSA) is 66.4 Å². The van der Waals surface area contributed by atoms with Crippen LogP contribution in [0.3, 0.4) is 0 Å². The number of hydrogen-bond acceptors (Lipinski definition) is 3. The molecule has 0 saturated heterocycles.